The van der Waals surface area contributed by atoms with Crippen molar-refractivity contribution in [2.45, 2.75) is 6.61 Å². The van der Waals surface area contributed by atoms with Crippen molar-refractivity contribution >= 4 is 40.7 Å². The molecule has 9 heteroatoms. The number of nitro groups is 1. The molecule has 2 aromatic rings. The van der Waals surface area contributed by atoms with Crippen LogP contribution in [0, 0.1) is 10.1 Å². The molecule has 0 radical (unpaired) electrons. The molecule has 0 saturated heterocycles. The van der Waals surface area contributed by atoms with Gasteiger partial charge in [0.25, 0.3) is 0 Å². The number of anilines is 1. The van der Waals surface area contributed by atoms with Gasteiger partial charge in [-0.2, -0.15) is 0 Å². The minimum absolute atomic E-state index is 0.0209. The third-order valence-corrected chi connectivity index (χ3v) is 3.01. The molecule has 0 spiro atoms. The maximum Gasteiger partial charge on any atom is 0.412 e. The SMILES string of the molecule is O=C(Nc1cc(Cl)nc(Cl)c1[N+](=O)[O-])OCc1ccccc1. The predicted octanol–water partition coefficient (Wildman–Crippen LogP) is 4.05. The maximum atomic E-state index is 11.7. The second-order valence-corrected chi connectivity index (χ2v) is 4.82. The second kappa shape index (κ2) is 7.06. The molecule has 1 N–H and O–H groups in total. The van der Waals surface area contributed by atoms with Gasteiger partial charge >= 0.3 is 11.8 Å². The molecule has 0 aliphatic rings. The Hall–Kier alpha value is -2.38. The van der Waals surface area contributed by atoms with Gasteiger partial charge in [0.05, 0.1) is 4.92 Å². The monoisotopic (exact) mass is 341 g/mol. The quantitative estimate of drug-likeness (QED) is 0.514. The van der Waals surface area contributed by atoms with E-state index in [2.05, 4.69) is 10.3 Å². The van der Waals surface area contributed by atoms with Crippen LogP contribution in [0.5, 0.6) is 0 Å². The van der Waals surface area contributed by atoms with Crippen LogP contribution in [0.2, 0.25) is 10.3 Å². The van der Waals surface area contributed by atoms with Gasteiger partial charge in [-0.05, 0) is 5.56 Å². The van der Waals surface area contributed by atoms with Crippen molar-refractivity contribution in [2.75, 3.05) is 5.32 Å². The number of hydrogen-bond donors (Lipinski definition) is 1. The molecule has 0 saturated carbocycles. The molecule has 1 heterocycles. The number of carbonyl (C=O) groups excluding carboxylic acids is 1. The summed E-state index contributed by atoms with van der Waals surface area (Å²) >= 11 is 11.3. The molecule has 0 unspecified atom stereocenters. The number of nitrogens with zero attached hydrogens (tertiary/aromatic N) is 2. The van der Waals surface area contributed by atoms with E-state index in [9.17, 15) is 14.9 Å². The van der Waals surface area contributed by atoms with Crippen LogP contribution in [-0.4, -0.2) is 16.0 Å². The van der Waals surface area contributed by atoms with E-state index in [1.807, 2.05) is 6.07 Å². The van der Waals surface area contributed by atoms with Crippen molar-refractivity contribution in [3.8, 4) is 0 Å². The number of pyridine rings is 1. The largest absolute Gasteiger partial charge is 0.444 e. The summed E-state index contributed by atoms with van der Waals surface area (Å²) in [7, 11) is 0. The Balaban J connectivity index is 2.10. The van der Waals surface area contributed by atoms with Gasteiger partial charge in [-0.15, -0.1) is 0 Å². The molecule has 2 rings (SSSR count). The average molecular weight is 342 g/mol. The Kier molecular flexibility index (Phi) is 5.13. The van der Waals surface area contributed by atoms with E-state index in [-0.39, 0.29) is 17.4 Å². The Morgan fingerprint density at radius 2 is 2.00 bits per heavy atom. The number of halogens is 2. The Bertz CT molecular complexity index is 710. The summed E-state index contributed by atoms with van der Waals surface area (Å²) in [5, 5.41) is 12.7. The van der Waals surface area contributed by atoms with Crippen LogP contribution >= 0.6 is 23.2 Å². The zero-order valence-electron chi connectivity index (χ0n) is 11.0. The van der Waals surface area contributed by atoms with Gasteiger partial charge in [-0.3, -0.25) is 15.4 Å². The average Bonchev–Trinajstić information content (AvgIpc) is 2.45. The van der Waals surface area contributed by atoms with Crippen LogP contribution in [0.15, 0.2) is 36.4 Å². The smallest absolute Gasteiger partial charge is 0.412 e. The van der Waals surface area contributed by atoms with E-state index in [1.54, 1.807) is 24.3 Å². The Labute approximate surface area is 135 Å². The van der Waals surface area contributed by atoms with Crippen LogP contribution in [0.1, 0.15) is 5.56 Å². The highest BCUT2D eigenvalue weighted by Crippen LogP contribution is 2.33. The van der Waals surface area contributed by atoms with Crippen molar-refractivity contribution in [3.05, 3.63) is 62.4 Å². The topological polar surface area (TPSA) is 94.4 Å². The standard InChI is InChI=1S/C13H9Cl2N3O4/c14-10-6-9(11(18(20)21)12(15)17-10)16-13(19)22-7-8-4-2-1-3-5-8/h1-6H,7H2,(H,16,17,19). The first-order chi connectivity index (χ1) is 10.5. The molecular weight excluding hydrogens is 333 g/mol. The van der Waals surface area contributed by atoms with Crippen molar-refractivity contribution < 1.29 is 14.5 Å². The molecule has 1 aromatic carbocycles. The summed E-state index contributed by atoms with van der Waals surface area (Å²) in [5.41, 5.74) is 0.0359. The summed E-state index contributed by atoms with van der Waals surface area (Å²) < 4.78 is 4.97. The molecule has 0 bridgehead atoms. The van der Waals surface area contributed by atoms with Gasteiger partial charge < -0.3 is 4.74 Å². The normalized spacial score (nSPS) is 10.1. The lowest BCUT2D eigenvalue weighted by Crippen LogP contribution is -2.15. The number of ether oxygens (including phenoxy) is 1. The zero-order valence-corrected chi connectivity index (χ0v) is 12.5. The summed E-state index contributed by atoms with van der Waals surface area (Å²) in [6.45, 7) is 0.0209. The number of benzene rings is 1. The van der Waals surface area contributed by atoms with Gasteiger partial charge in [0.15, 0.2) is 0 Å². The highest BCUT2D eigenvalue weighted by molar-refractivity contribution is 6.34. The third-order valence-electron chi connectivity index (χ3n) is 2.55. The number of rotatable bonds is 4. The fourth-order valence-corrected chi connectivity index (χ4v) is 2.11. The van der Waals surface area contributed by atoms with Gasteiger partial charge in [-0.1, -0.05) is 53.5 Å². The van der Waals surface area contributed by atoms with Gasteiger partial charge in [-0.25, -0.2) is 9.78 Å². The van der Waals surface area contributed by atoms with Crippen LogP contribution in [0.4, 0.5) is 16.2 Å². The fourth-order valence-electron chi connectivity index (χ4n) is 1.62. The van der Waals surface area contributed by atoms with Crippen LogP contribution in [0.3, 0.4) is 0 Å². The Morgan fingerprint density at radius 1 is 1.32 bits per heavy atom. The maximum absolute atomic E-state index is 11.7. The molecule has 22 heavy (non-hydrogen) atoms. The first kappa shape index (κ1) is 16.0. The summed E-state index contributed by atoms with van der Waals surface area (Å²) in [6.07, 6.45) is -0.870. The molecule has 7 nitrogen and oxygen atoms in total. The fraction of sp³-hybridized carbons (Fsp3) is 0.0769. The number of nitrogens with one attached hydrogen (secondary N) is 1. The number of carbonyl (C=O) groups is 1. The van der Waals surface area contributed by atoms with Crippen LogP contribution < -0.4 is 5.32 Å². The van der Waals surface area contributed by atoms with E-state index in [4.69, 9.17) is 27.9 Å². The summed E-state index contributed by atoms with van der Waals surface area (Å²) in [5.74, 6) is 0. The molecule has 114 valence electrons. The molecular formula is C13H9Cl2N3O4. The number of aromatic nitrogens is 1. The highest BCUT2D eigenvalue weighted by Gasteiger charge is 2.23. The van der Waals surface area contributed by atoms with Gasteiger partial charge in [0, 0.05) is 6.07 Å². The molecule has 0 fully saturated rings. The lowest BCUT2D eigenvalue weighted by Gasteiger charge is -2.08. The molecule has 1 amide bonds. The van der Waals surface area contributed by atoms with Crippen LogP contribution in [-0.2, 0) is 11.3 Å². The minimum atomic E-state index is -0.870. The summed E-state index contributed by atoms with van der Waals surface area (Å²) in [4.78, 5) is 25.5. The molecule has 0 aliphatic heterocycles. The zero-order chi connectivity index (χ0) is 16.1. The first-order valence-corrected chi connectivity index (χ1v) is 6.71. The third kappa shape index (κ3) is 4.06. The second-order valence-electron chi connectivity index (χ2n) is 4.08. The summed E-state index contributed by atoms with van der Waals surface area (Å²) in [6, 6.07) is 10.1. The minimum Gasteiger partial charge on any atom is -0.444 e. The lowest BCUT2D eigenvalue weighted by atomic mass is 10.2. The van der Waals surface area contributed by atoms with E-state index in [0.29, 0.717) is 0 Å². The molecule has 1 aromatic heterocycles. The Morgan fingerprint density at radius 3 is 2.64 bits per heavy atom. The van der Waals surface area contributed by atoms with Crippen LogP contribution in [0.25, 0.3) is 0 Å². The first-order valence-electron chi connectivity index (χ1n) is 5.95. The van der Waals surface area contributed by atoms with Gasteiger partial charge in [0.1, 0.15) is 17.4 Å². The van der Waals surface area contributed by atoms with E-state index < -0.39 is 21.9 Å². The van der Waals surface area contributed by atoms with Crippen molar-refractivity contribution in [1.82, 2.24) is 4.98 Å². The van der Waals surface area contributed by atoms with E-state index >= 15 is 0 Å². The number of hydrogen-bond acceptors (Lipinski definition) is 5. The molecule has 0 aliphatic carbocycles. The highest BCUT2D eigenvalue weighted by atomic mass is 35.5. The van der Waals surface area contributed by atoms with E-state index in [1.165, 1.54) is 0 Å². The van der Waals surface area contributed by atoms with Gasteiger partial charge in [0.2, 0.25) is 5.15 Å². The van der Waals surface area contributed by atoms with E-state index in [0.717, 1.165) is 11.6 Å². The lowest BCUT2D eigenvalue weighted by molar-refractivity contribution is -0.384. The van der Waals surface area contributed by atoms with Crippen molar-refractivity contribution in [1.29, 1.82) is 0 Å². The number of amides is 1. The van der Waals surface area contributed by atoms with Crippen molar-refractivity contribution in [3.63, 3.8) is 0 Å². The predicted molar refractivity (Wildman–Crippen MR) is 81.2 cm³/mol. The van der Waals surface area contributed by atoms with Crippen molar-refractivity contribution in [2.24, 2.45) is 0 Å². The molecule has 0 atom stereocenters.